The molecule has 0 radical (unpaired) electrons. The zero-order valence-corrected chi connectivity index (χ0v) is 16.9. The Morgan fingerprint density at radius 1 is 0.964 bits per heavy atom. The van der Waals surface area contributed by atoms with Gasteiger partial charge >= 0.3 is 6.03 Å². The summed E-state index contributed by atoms with van der Waals surface area (Å²) in [5.41, 5.74) is 3.13. The maximum absolute atomic E-state index is 12.5. The summed E-state index contributed by atoms with van der Waals surface area (Å²) in [6.45, 7) is 8.73. The van der Waals surface area contributed by atoms with E-state index in [1.165, 1.54) is 0 Å². The summed E-state index contributed by atoms with van der Waals surface area (Å²) in [4.78, 5) is 24.3. The second-order valence-electron chi connectivity index (χ2n) is 7.20. The minimum Gasteiger partial charge on any atom is -0.374 e. The fourth-order valence-electron chi connectivity index (χ4n) is 2.54. The number of ether oxygens (including phenoxy) is 1. The van der Waals surface area contributed by atoms with Gasteiger partial charge in [-0.15, -0.1) is 0 Å². The summed E-state index contributed by atoms with van der Waals surface area (Å²) < 4.78 is 5.62. The van der Waals surface area contributed by atoms with E-state index in [0.29, 0.717) is 24.4 Å². The van der Waals surface area contributed by atoms with Crippen molar-refractivity contribution in [3.05, 3.63) is 65.2 Å². The van der Waals surface area contributed by atoms with Crippen LogP contribution in [0.4, 0.5) is 10.5 Å². The van der Waals surface area contributed by atoms with Crippen molar-refractivity contribution in [2.75, 3.05) is 5.32 Å². The molecule has 0 unspecified atom stereocenters. The highest BCUT2D eigenvalue weighted by Crippen LogP contribution is 2.12. The highest BCUT2D eigenvalue weighted by atomic mass is 16.5. The molecule has 28 heavy (non-hydrogen) atoms. The molecule has 0 aliphatic rings. The Hall–Kier alpha value is -2.86. The van der Waals surface area contributed by atoms with Crippen molar-refractivity contribution in [2.24, 2.45) is 0 Å². The van der Waals surface area contributed by atoms with Crippen LogP contribution < -0.4 is 16.0 Å². The molecule has 0 spiro atoms. The molecule has 2 aromatic carbocycles. The molecular formula is C22H29N3O3. The summed E-state index contributed by atoms with van der Waals surface area (Å²) >= 11 is 0. The van der Waals surface area contributed by atoms with Crippen LogP contribution in [0, 0.1) is 0 Å². The van der Waals surface area contributed by atoms with Gasteiger partial charge in [0.05, 0.1) is 12.7 Å². The lowest BCUT2D eigenvalue weighted by atomic mass is 10.1. The van der Waals surface area contributed by atoms with Crippen LogP contribution in [0.1, 0.15) is 49.2 Å². The van der Waals surface area contributed by atoms with E-state index in [-0.39, 0.29) is 24.1 Å². The molecule has 6 nitrogen and oxygen atoms in total. The van der Waals surface area contributed by atoms with Gasteiger partial charge in [-0.1, -0.05) is 30.3 Å². The fraction of sp³-hybridized carbons (Fsp3) is 0.364. The Morgan fingerprint density at radius 2 is 1.68 bits per heavy atom. The number of rotatable bonds is 8. The second kappa shape index (κ2) is 10.5. The minimum atomic E-state index is -0.298. The number of carbonyl (C=O) groups excluding carboxylic acids is 2. The first-order valence-electron chi connectivity index (χ1n) is 9.48. The van der Waals surface area contributed by atoms with E-state index in [9.17, 15) is 9.59 Å². The number of benzene rings is 2. The molecule has 0 aromatic heterocycles. The van der Waals surface area contributed by atoms with E-state index in [0.717, 1.165) is 11.1 Å². The summed E-state index contributed by atoms with van der Waals surface area (Å²) in [6, 6.07) is 14.5. The molecule has 0 fully saturated rings. The number of hydrogen-bond donors (Lipinski definition) is 3. The van der Waals surface area contributed by atoms with E-state index in [1.807, 2.05) is 52.0 Å². The average molecular weight is 383 g/mol. The van der Waals surface area contributed by atoms with Crippen molar-refractivity contribution in [3.8, 4) is 0 Å². The summed E-state index contributed by atoms with van der Waals surface area (Å²) in [7, 11) is 0. The van der Waals surface area contributed by atoms with Gasteiger partial charge in [0.25, 0.3) is 5.91 Å². The van der Waals surface area contributed by atoms with Gasteiger partial charge in [-0.25, -0.2) is 4.79 Å². The standard InChI is InChI=1S/C22H29N3O3/c1-15(2)24-22(27)25-20-10-6-9-19(12-20)21(26)23-13-17-7-5-8-18(11-17)14-28-16(3)4/h5-12,15-16H,13-14H2,1-4H3,(H,23,26)(H2,24,25,27). The second-order valence-corrected chi connectivity index (χ2v) is 7.20. The van der Waals surface area contributed by atoms with Gasteiger partial charge in [-0.2, -0.15) is 0 Å². The van der Waals surface area contributed by atoms with Crippen molar-refractivity contribution in [3.63, 3.8) is 0 Å². The zero-order valence-electron chi connectivity index (χ0n) is 16.9. The van der Waals surface area contributed by atoms with Gasteiger partial charge in [0.15, 0.2) is 0 Å². The van der Waals surface area contributed by atoms with E-state index >= 15 is 0 Å². The van der Waals surface area contributed by atoms with Gasteiger partial charge in [-0.3, -0.25) is 4.79 Å². The Morgan fingerprint density at radius 3 is 2.39 bits per heavy atom. The average Bonchev–Trinajstić information content (AvgIpc) is 2.64. The molecule has 0 heterocycles. The van der Waals surface area contributed by atoms with Crippen molar-refractivity contribution >= 4 is 17.6 Å². The van der Waals surface area contributed by atoms with Crippen molar-refractivity contribution < 1.29 is 14.3 Å². The van der Waals surface area contributed by atoms with E-state index in [2.05, 4.69) is 16.0 Å². The molecule has 150 valence electrons. The fourth-order valence-corrected chi connectivity index (χ4v) is 2.54. The Kier molecular flexibility index (Phi) is 8.02. The van der Waals surface area contributed by atoms with Crippen molar-refractivity contribution in [1.29, 1.82) is 0 Å². The molecule has 0 saturated carbocycles. The van der Waals surface area contributed by atoms with Crippen LogP contribution in [0.5, 0.6) is 0 Å². The smallest absolute Gasteiger partial charge is 0.319 e. The molecule has 0 aliphatic carbocycles. The van der Waals surface area contributed by atoms with Crippen LogP contribution in [-0.4, -0.2) is 24.1 Å². The number of amides is 3. The lowest BCUT2D eigenvalue weighted by Crippen LogP contribution is -2.34. The number of urea groups is 1. The molecule has 3 amide bonds. The first kappa shape index (κ1) is 21.4. The molecule has 2 rings (SSSR count). The third-order valence-corrected chi connectivity index (χ3v) is 3.83. The third-order valence-electron chi connectivity index (χ3n) is 3.83. The molecule has 6 heteroatoms. The highest BCUT2D eigenvalue weighted by molar-refractivity contribution is 5.96. The van der Waals surface area contributed by atoms with Crippen molar-refractivity contribution in [1.82, 2.24) is 10.6 Å². The van der Waals surface area contributed by atoms with Crippen LogP contribution in [-0.2, 0) is 17.9 Å². The minimum absolute atomic E-state index is 0.0354. The highest BCUT2D eigenvalue weighted by Gasteiger charge is 2.09. The van der Waals surface area contributed by atoms with E-state index in [1.54, 1.807) is 24.3 Å². The maximum atomic E-state index is 12.5. The Bertz CT molecular complexity index is 803. The van der Waals surface area contributed by atoms with E-state index < -0.39 is 0 Å². The van der Waals surface area contributed by atoms with Crippen LogP contribution in [0.3, 0.4) is 0 Å². The van der Waals surface area contributed by atoms with Gasteiger partial charge in [0, 0.05) is 23.8 Å². The first-order chi connectivity index (χ1) is 13.3. The first-order valence-corrected chi connectivity index (χ1v) is 9.48. The lowest BCUT2D eigenvalue weighted by Gasteiger charge is -2.12. The monoisotopic (exact) mass is 383 g/mol. The largest absolute Gasteiger partial charge is 0.374 e. The normalized spacial score (nSPS) is 10.8. The Labute approximate surface area is 166 Å². The topological polar surface area (TPSA) is 79.5 Å². The van der Waals surface area contributed by atoms with Crippen LogP contribution >= 0.6 is 0 Å². The van der Waals surface area contributed by atoms with Gasteiger partial charge in [0.1, 0.15) is 0 Å². The SMILES string of the molecule is CC(C)NC(=O)Nc1cccc(C(=O)NCc2cccc(COC(C)C)c2)c1. The lowest BCUT2D eigenvalue weighted by molar-refractivity contribution is 0.0657. The molecule has 0 saturated heterocycles. The van der Waals surface area contributed by atoms with Gasteiger partial charge < -0.3 is 20.7 Å². The molecule has 0 bridgehead atoms. The molecule has 0 aliphatic heterocycles. The third kappa shape index (κ3) is 7.40. The molecule has 0 atom stereocenters. The summed E-state index contributed by atoms with van der Waals surface area (Å²) in [6.07, 6.45) is 0.173. The maximum Gasteiger partial charge on any atom is 0.319 e. The number of anilines is 1. The van der Waals surface area contributed by atoms with Crippen LogP contribution in [0.2, 0.25) is 0 Å². The van der Waals surface area contributed by atoms with Crippen LogP contribution in [0.25, 0.3) is 0 Å². The summed E-state index contributed by atoms with van der Waals surface area (Å²) in [5.74, 6) is -0.197. The van der Waals surface area contributed by atoms with E-state index in [4.69, 9.17) is 4.74 Å². The van der Waals surface area contributed by atoms with Gasteiger partial charge in [-0.05, 0) is 57.0 Å². The Balaban J connectivity index is 1.93. The predicted molar refractivity (Wildman–Crippen MR) is 111 cm³/mol. The zero-order chi connectivity index (χ0) is 20.5. The van der Waals surface area contributed by atoms with Gasteiger partial charge in [0.2, 0.25) is 0 Å². The molecule has 3 N–H and O–H groups in total. The molecule has 2 aromatic rings. The number of hydrogen-bond acceptors (Lipinski definition) is 3. The summed E-state index contributed by atoms with van der Waals surface area (Å²) in [5, 5.41) is 8.39. The predicted octanol–water partition coefficient (Wildman–Crippen LogP) is 4.07. The van der Waals surface area contributed by atoms with Crippen LogP contribution in [0.15, 0.2) is 48.5 Å². The number of nitrogens with one attached hydrogen (secondary N) is 3. The quantitative estimate of drug-likeness (QED) is 0.643. The van der Waals surface area contributed by atoms with Crippen molar-refractivity contribution in [2.45, 2.75) is 53.0 Å². The number of carbonyl (C=O) groups is 2. The molecular weight excluding hydrogens is 354 g/mol.